The molecule has 2 aliphatic carbocycles. The summed E-state index contributed by atoms with van der Waals surface area (Å²) in [6, 6.07) is 0.0476. The fourth-order valence-corrected chi connectivity index (χ4v) is 4.27. The van der Waals surface area contributed by atoms with Crippen molar-refractivity contribution in [3.05, 3.63) is 16.1 Å². The van der Waals surface area contributed by atoms with E-state index in [9.17, 15) is 13.2 Å². The number of rotatable bonds is 4. The number of nitrogens with zero attached hydrogens (tertiary/aromatic N) is 1. The maximum absolute atomic E-state index is 12.6. The van der Waals surface area contributed by atoms with Crippen LogP contribution in [0.3, 0.4) is 0 Å². The van der Waals surface area contributed by atoms with Crippen LogP contribution in [-0.4, -0.2) is 11.5 Å². The van der Waals surface area contributed by atoms with Crippen LogP contribution in [0.2, 0.25) is 0 Å². The van der Waals surface area contributed by atoms with Gasteiger partial charge in [-0.3, -0.25) is 0 Å². The Kier molecular flexibility index (Phi) is 3.33. The van der Waals surface area contributed by atoms with Gasteiger partial charge in [-0.2, -0.15) is 13.2 Å². The third-order valence-electron chi connectivity index (χ3n) is 4.25. The van der Waals surface area contributed by atoms with Crippen molar-refractivity contribution in [2.24, 2.45) is 17.8 Å². The Morgan fingerprint density at radius 3 is 2.58 bits per heavy atom. The van der Waals surface area contributed by atoms with Crippen molar-refractivity contribution in [1.82, 2.24) is 10.3 Å². The summed E-state index contributed by atoms with van der Waals surface area (Å²) in [5.41, 5.74) is 0. The largest absolute Gasteiger partial charge is 0.443 e. The van der Waals surface area contributed by atoms with E-state index in [1.165, 1.54) is 12.6 Å². The molecule has 19 heavy (non-hydrogen) atoms. The number of alkyl halides is 3. The first-order chi connectivity index (χ1) is 8.99. The highest BCUT2D eigenvalue weighted by molar-refractivity contribution is 7.11. The second kappa shape index (κ2) is 4.74. The van der Waals surface area contributed by atoms with E-state index in [2.05, 4.69) is 10.3 Å². The summed E-state index contributed by atoms with van der Waals surface area (Å²) in [6.07, 6.45) is 0.720. The quantitative estimate of drug-likeness (QED) is 0.911. The Hall–Kier alpha value is -0.620. The van der Waals surface area contributed by atoms with Crippen LogP contribution in [0.15, 0.2) is 6.20 Å². The standard InChI is InChI=1S/C13H17F3N2S/c1-2-17-11(9-4-7-3-8(7)5-9)10-6-18-12(19-10)13(14,15)16/h6-9,11,17H,2-5H2,1H3. The lowest BCUT2D eigenvalue weighted by molar-refractivity contribution is -0.137. The summed E-state index contributed by atoms with van der Waals surface area (Å²) >= 11 is 0.792. The number of nitrogens with one attached hydrogen (secondary N) is 1. The summed E-state index contributed by atoms with van der Waals surface area (Å²) in [7, 11) is 0. The van der Waals surface area contributed by atoms with E-state index in [0.29, 0.717) is 5.92 Å². The third-order valence-corrected chi connectivity index (χ3v) is 5.37. The molecule has 0 bridgehead atoms. The molecule has 0 amide bonds. The van der Waals surface area contributed by atoms with Crippen LogP contribution in [0.25, 0.3) is 0 Å². The minimum atomic E-state index is -4.32. The van der Waals surface area contributed by atoms with Gasteiger partial charge in [0.25, 0.3) is 0 Å². The predicted octanol–water partition coefficient (Wildman–Crippen LogP) is 3.86. The minimum Gasteiger partial charge on any atom is -0.309 e. The van der Waals surface area contributed by atoms with Crippen LogP contribution in [0.5, 0.6) is 0 Å². The Labute approximate surface area is 114 Å². The molecule has 2 fully saturated rings. The van der Waals surface area contributed by atoms with Crippen molar-refractivity contribution >= 4 is 11.3 Å². The summed E-state index contributed by atoms with van der Waals surface area (Å²) in [5.74, 6) is 2.15. The molecule has 1 aromatic rings. The Bertz CT molecular complexity index is 447. The van der Waals surface area contributed by atoms with Crippen molar-refractivity contribution in [2.45, 2.75) is 38.4 Å². The normalized spacial score (nSPS) is 31.3. The number of hydrogen-bond donors (Lipinski definition) is 1. The fraction of sp³-hybridized carbons (Fsp3) is 0.769. The lowest BCUT2D eigenvalue weighted by Gasteiger charge is -2.24. The highest BCUT2D eigenvalue weighted by Crippen LogP contribution is 2.57. The SMILES string of the molecule is CCNC(c1cnc(C(F)(F)F)s1)C1CC2CC2C1. The zero-order valence-electron chi connectivity index (χ0n) is 10.7. The molecule has 6 heteroatoms. The van der Waals surface area contributed by atoms with E-state index >= 15 is 0 Å². The van der Waals surface area contributed by atoms with Gasteiger partial charge in [-0.25, -0.2) is 4.98 Å². The Morgan fingerprint density at radius 1 is 1.37 bits per heavy atom. The average Bonchev–Trinajstić information content (AvgIpc) is 2.82. The van der Waals surface area contributed by atoms with Crippen LogP contribution >= 0.6 is 11.3 Å². The smallest absolute Gasteiger partial charge is 0.309 e. The fourth-order valence-electron chi connectivity index (χ4n) is 3.31. The second-order valence-corrected chi connectivity index (χ2v) is 6.65. The molecule has 3 atom stereocenters. The van der Waals surface area contributed by atoms with Gasteiger partial charge in [-0.15, -0.1) is 11.3 Å². The molecule has 3 unspecified atom stereocenters. The van der Waals surface area contributed by atoms with Gasteiger partial charge in [-0.05, 0) is 43.6 Å². The maximum atomic E-state index is 12.6. The van der Waals surface area contributed by atoms with Gasteiger partial charge in [0, 0.05) is 17.1 Å². The molecule has 0 aliphatic heterocycles. The summed E-state index contributed by atoms with van der Waals surface area (Å²) in [5, 5.41) is 2.62. The average molecular weight is 290 g/mol. The van der Waals surface area contributed by atoms with E-state index < -0.39 is 11.2 Å². The molecule has 2 aliphatic rings. The van der Waals surface area contributed by atoms with Gasteiger partial charge in [0.2, 0.25) is 0 Å². The lowest BCUT2D eigenvalue weighted by Crippen LogP contribution is -2.27. The number of aromatic nitrogens is 1. The van der Waals surface area contributed by atoms with E-state index in [1.807, 2.05) is 6.92 Å². The first kappa shape index (κ1) is 13.4. The van der Waals surface area contributed by atoms with Gasteiger partial charge < -0.3 is 5.32 Å². The van der Waals surface area contributed by atoms with Crippen molar-refractivity contribution < 1.29 is 13.2 Å². The zero-order chi connectivity index (χ0) is 13.6. The van der Waals surface area contributed by atoms with Gasteiger partial charge in [0.15, 0.2) is 5.01 Å². The zero-order valence-corrected chi connectivity index (χ0v) is 11.5. The van der Waals surface area contributed by atoms with Crippen LogP contribution in [-0.2, 0) is 6.18 Å². The van der Waals surface area contributed by atoms with E-state index in [1.54, 1.807) is 0 Å². The van der Waals surface area contributed by atoms with Gasteiger partial charge in [0.05, 0.1) is 0 Å². The first-order valence-corrected chi connectivity index (χ1v) is 7.57. The van der Waals surface area contributed by atoms with Crippen molar-refractivity contribution in [3.63, 3.8) is 0 Å². The van der Waals surface area contributed by atoms with Crippen molar-refractivity contribution in [2.75, 3.05) is 6.54 Å². The topological polar surface area (TPSA) is 24.9 Å². The highest BCUT2D eigenvalue weighted by Gasteiger charge is 2.48. The molecule has 2 nitrogen and oxygen atoms in total. The summed E-state index contributed by atoms with van der Waals surface area (Å²) in [4.78, 5) is 4.28. The van der Waals surface area contributed by atoms with E-state index in [0.717, 1.165) is 47.4 Å². The molecule has 0 aromatic carbocycles. The van der Waals surface area contributed by atoms with E-state index in [4.69, 9.17) is 0 Å². The first-order valence-electron chi connectivity index (χ1n) is 6.75. The molecule has 0 spiro atoms. The van der Waals surface area contributed by atoms with Crippen molar-refractivity contribution in [3.8, 4) is 0 Å². The van der Waals surface area contributed by atoms with Gasteiger partial charge in [-0.1, -0.05) is 6.92 Å². The lowest BCUT2D eigenvalue weighted by atomic mass is 9.93. The molecule has 0 saturated heterocycles. The van der Waals surface area contributed by atoms with Crippen LogP contribution in [0.1, 0.15) is 42.1 Å². The van der Waals surface area contributed by atoms with Crippen molar-refractivity contribution in [1.29, 1.82) is 0 Å². The number of halogens is 3. The number of thiazole rings is 1. The summed E-state index contributed by atoms with van der Waals surface area (Å²) < 4.78 is 37.9. The molecular formula is C13H17F3N2S. The van der Waals surface area contributed by atoms with Crippen LogP contribution in [0.4, 0.5) is 13.2 Å². The van der Waals surface area contributed by atoms with Gasteiger partial charge >= 0.3 is 6.18 Å². The maximum Gasteiger partial charge on any atom is 0.443 e. The van der Waals surface area contributed by atoms with Gasteiger partial charge in [0.1, 0.15) is 0 Å². The molecule has 1 heterocycles. The molecular weight excluding hydrogens is 273 g/mol. The molecule has 106 valence electrons. The number of fused-ring (bicyclic) bond motifs is 1. The van der Waals surface area contributed by atoms with Crippen LogP contribution < -0.4 is 5.32 Å². The van der Waals surface area contributed by atoms with E-state index in [-0.39, 0.29) is 6.04 Å². The number of hydrogen-bond acceptors (Lipinski definition) is 3. The van der Waals surface area contributed by atoms with Crippen LogP contribution in [0, 0.1) is 17.8 Å². The molecule has 0 radical (unpaired) electrons. The molecule has 3 rings (SSSR count). The third kappa shape index (κ3) is 2.65. The predicted molar refractivity (Wildman–Crippen MR) is 67.9 cm³/mol. The highest BCUT2D eigenvalue weighted by atomic mass is 32.1. The Balaban J connectivity index is 1.77. The monoisotopic (exact) mass is 290 g/mol. The molecule has 2 saturated carbocycles. The Morgan fingerprint density at radius 2 is 2.05 bits per heavy atom. The second-order valence-electron chi connectivity index (χ2n) is 5.59. The molecule has 1 N–H and O–H groups in total. The minimum absolute atomic E-state index is 0.0476. The summed E-state index contributed by atoms with van der Waals surface area (Å²) in [6.45, 7) is 2.77. The molecule has 1 aromatic heterocycles.